The maximum atomic E-state index is 11.9. The van der Waals surface area contributed by atoms with Crippen LogP contribution in [0.3, 0.4) is 0 Å². The Labute approximate surface area is 169 Å². The fourth-order valence-corrected chi connectivity index (χ4v) is 3.27. The summed E-state index contributed by atoms with van der Waals surface area (Å²) in [4.78, 5) is 16.6. The molecule has 144 valence electrons. The molecule has 2 aromatic carbocycles. The van der Waals surface area contributed by atoms with Gasteiger partial charge < -0.3 is 9.84 Å². The first-order chi connectivity index (χ1) is 13.5. The third-order valence-electron chi connectivity index (χ3n) is 4.40. The number of ether oxygens (including phenoxy) is 1. The number of hydrogen-bond donors (Lipinski definition) is 1. The highest BCUT2D eigenvalue weighted by atomic mass is 35.5. The summed E-state index contributed by atoms with van der Waals surface area (Å²) >= 11 is 6.13. The molecule has 1 aromatic heterocycles. The number of benzene rings is 2. The van der Waals surface area contributed by atoms with Crippen LogP contribution in [0.2, 0.25) is 5.02 Å². The Morgan fingerprint density at radius 3 is 2.57 bits per heavy atom. The van der Waals surface area contributed by atoms with E-state index in [-0.39, 0.29) is 12.2 Å². The summed E-state index contributed by atoms with van der Waals surface area (Å²) in [6.45, 7) is 4.14. The van der Waals surface area contributed by atoms with Gasteiger partial charge in [0.2, 0.25) is 0 Å². The van der Waals surface area contributed by atoms with E-state index in [0.717, 1.165) is 35.2 Å². The standard InChI is InChI=1S/C23H22ClNO3/c1-3-6-21-19(16-8-5-9-17(24)12-16)13-20(23(26)27)22(25-21)14-28-18-10-4-7-15(2)11-18/h4-5,7-13H,3,6,14H2,1-2H3,(H,26,27). The summed E-state index contributed by atoms with van der Waals surface area (Å²) in [6.07, 6.45) is 1.63. The number of aromatic nitrogens is 1. The molecule has 0 saturated heterocycles. The molecule has 28 heavy (non-hydrogen) atoms. The van der Waals surface area contributed by atoms with Gasteiger partial charge in [0.1, 0.15) is 12.4 Å². The van der Waals surface area contributed by atoms with E-state index in [2.05, 4.69) is 11.9 Å². The third kappa shape index (κ3) is 4.70. The largest absolute Gasteiger partial charge is 0.487 e. The molecule has 4 nitrogen and oxygen atoms in total. The first kappa shape index (κ1) is 19.9. The van der Waals surface area contributed by atoms with Crippen molar-refractivity contribution in [1.82, 2.24) is 4.98 Å². The monoisotopic (exact) mass is 395 g/mol. The molecule has 3 aromatic rings. The van der Waals surface area contributed by atoms with Crippen molar-refractivity contribution in [3.63, 3.8) is 0 Å². The summed E-state index contributed by atoms with van der Waals surface area (Å²) in [5.41, 5.74) is 4.13. The van der Waals surface area contributed by atoms with Crippen LogP contribution < -0.4 is 4.74 Å². The quantitative estimate of drug-likeness (QED) is 0.537. The molecule has 0 spiro atoms. The molecule has 0 bridgehead atoms. The Balaban J connectivity index is 2.02. The van der Waals surface area contributed by atoms with Crippen molar-refractivity contribution in [1.29, 1.82) is 0 Å². The average Bonchev–Trinajstić information content (AvgIpc) is 2.66. The number of carbonyl (C=O) groups is 1. The topological polar surface area (TPSA) is 59.4 Å². The van der Waals surface area contributed by atoms with Gasteiger partial charge in [-0.3, -0.25) is 4.98 Å². The van der Waals surface area contributed by atoms with Crippen LogP contribution in [0.1, 0.15) is 40.7 Å². The lowest BCUT2D eigenvalue weighted by Gasteiger charge is -2.15. The van der Waals surface area contributed by atoms with Crippen LogP contribution in [-0.4, -0.2) is 16.1 Å². The van der Waals surface area contributed by atoms with Gasteiger partial charge in [-0.05, 0) is 54.8 Å². The summed E-state index contributed by atoms with van der Waals surface area (Å²) in [6, 6.07) is 16.7. The lowest BCUT2D eigenvalue weighted by molar-refractivity contribution is 0.0693. The number of aromatic carboxylic acids is 1. The van der Waals surface area contributed by atoms with Crippen LogP contribution in [0.4, 0.5) is 0 Å². The molecule has 3 rings (SSSR count). The second kappa shape index (κ2) is 8.89. The van der Waals surface area contributed by atoms with Crippen molar-refractivity contribution in [3.8, 4) is 16.9 Å². The Kier molecular flexibility index (Phi) is 6.32. The molecule has 5 heteroatoms. The maximum absolute atomic E-state index is 11.9. The first-order valence-corrected chi connectivity index (χ1v) is 9.57. The molecule has 0 aliphatic carbocycles. The smallest absolute Gasteiger partial charge is 0.337 e. The summed E-state index contributed by atoms with van der Waals surface area (Å²) in [5, 5.41) is 10.3. The Bertz CT molecular complexity index is 1000. The molecular weight excluding hydrogens is 374 g/mol. The number of halogens is 1. The predicted octanol–water partition coefficient (Wildman–Crippen LogP) is 5.94. The van der Waals surface area contributed by atoms with Crippen LogP contribution in [0.25, 0.3) is 11.1 Å². The molecule has 0 atom stereocenters. The highest BCUT2D eigenvalue weighted by molar-refractivity contribution is 6.30. The normalized spacial score (nSPS) is 10.7. The molecule has 0 radical (unpaired) electrons. The van der Waals surface area contributed by atoms with Gasteiger partial charge in [-0.1, -0.05) is 49.2 Å². The minimum absolute atomic E-state index is 0.0949. The van der Waals surface area contributed by atoms with Crippen molar-refractivity contribution in [2.75, 3.05) is 0 Å². The fourth-order valence-electron chi connectivity index (χ4n) is 3.08. The molecule has 1 N–H and O–H groups in total. The van der Waals surface area contributed by atoms with Gasteiger partial charge in [0.05, 0.1) is 11.3 Å². The second-order valence-corrected chi connectivity index (χ2v) is 7.08. The average molecular weight is 396 g/mol. The minimum Gasteiger partial charge on any atom is -0.487 e. The van der Waals surface area contributed by atoms with Gasteiger partial charge >= 0.3 is 5.97 Å². The van der Waals surface area contributed by atoms with Crippen LogP contribution in [-0.2, 0) is 13.0 Å². The van der Waals surface area contributed by atoms with Gasteiger partial charge in [0, 0.05) is 16.3 Å². The molecule has 0 saturated carbocycles. The van der Waals surface area contributed by atoms with Gasteiger partial charge in [-0.2, -0.15) is 0 Å². The van der Waals surface area contributed by atoms with E-state index in [9.17, 15) is 9.90 Å². The lowest BCUT2D eigenvalue weighted by atomic mass is 9.98. The van der Waals surface area contributed by atoms with E-state index in [1.54, 1.807) is 12.1 Å². The zero-order chi connectivity index (χ0) is 20.1. The third-order valence-corrected chi connectivity index (χ3v) is 4.63. The van der Waals surface area contributed by atoms with Crippen LogP contribution in [0, 0.1) is 6.92 Å². The Morgan fingerprint density at radius 2 is 1.89 bits per heavy atom. The molecule has 0 fully saturated rings. The summed E-state index contributed by atoms with van der Waals surface area (Å²) in [7, 11) is 0. The number of nitrogens with zero attached hydrogens (tertiary/aromatic N) is 1. The summed E-state index contributed by atoms with van der Waals surface area (Å²) in [5.74, 6) is -0.337. The number of carboxylic acids is 1. The van der Waals surface area contributed by atoms with Crippen molar-refractivity contribution in [2.24, 2.45) is 0 Å². The number of aryl methyl sites for hydroxylation is 2. The van der Waals surface area contributed by atoms with Gasteiger partial charge in [-0.15, -0.1) is 0 Å². The van der Waals surface area contributed by atoms with Crippen LogP contribution in [0.5, 0.6) is 5.75 Å². The Hall–Kier alpha value is -2.85. The SMILES string of the molecule is CCCc1nc(COc2cccc(C)c2)c(C(=O)O)cc1-c1cccc(Cl)c1. The highest BCUT2D eigenvalue weighted by Gasteiger charge is 2.18. The van der Waals surface area contributed by atoms with E-state index in [1.165, 1.54) is 0 Å². The van der Waals surface area contributed by atoms with Crippen LogP contribution in [0.15, 0.2) is 54.6 Å². The van der Waals surface area contributed by atoms with Crippen molar-refractivity contribution < 1.29 is 14.6 Å². The molecule has 1 heterocycles. The lowest BCUT2D eigenvalue weighted by Crippen LogP contribution is -2.11. The highest BCUT2D eigenvalue weighted by Crippen LogP contribution is 2.29. The van der Waals surface area contributed by atoms with Gasteiger partial charge in [-0.25, -0.2) is 4.79 Å². The zero-order valence-electron chi connectivity index (χ0n) is 15.9. The molecule has 0 amide bonds. The molecular formula is C23H22ClNO3. The van der Waals surface area contributed by atoms with E-state index in [0.29, 0.717) is 16.5 Å². The number of pyridine rings is 1. The number of hydrogen-bond acceptors (Lipinski definition) is 3. The summed E-state index contributed by atoms with van der Waals surface area (Å²) < 4.78 is 5.81. The first-order valence-electron chi connectivity index (χ1n) is 9.19. The second-order valence-electron chi connectivity index (χ2n) is 6.65. The van der Waals surface area contributed by atoms with E-state index < -0.39 is 5.97 Å². The Morgan fingerprint density at radius 1 is 1.11 bits per heavy atom. The van der Waals surface area contributed by atoms with Crippen LogP contribution >= 0.6 is 11.6 Å². The molecule has 0 aliphatic rings. The molecule has 0 aliphatic heterocycles. The molecule has 0 unspecified atom stereocenters. The van der Waals surface area contributed by atoms with E-state index in [1.807, 2.05) is 49.4 Å². The van der Waals surface area contributed by atoms with E-state index in [4.69, 9.17) is 16.3 Å². The van der Waals surface area contributed by atoms with Crippen molar-refractivity contribution in [3.05, 3.63) is 82.1 Å². The maximum Gasteiger partial charge on any atom is 0.337 e. The van der Waals surface area contributed by atoms with Gasteiger partial charge in [0.15, 0.2) is 0 Å². The minimum atomic E-state index is -1.03. The van der Waals surface area contributed by atoms with E-state index >= 15 is 0 Å². The number of carboxylic acid groups (broad SMARTS) is 1. The zero-order valence-corrected chi connectivity index (χ0v) is 16.7. The van der Waals surface area contributed by atoms with Crippen molar-refractivity contribution in [2.45, 2.75) is 33.3 Å². The van der Waals surface area contributed by atoms with Crippen molar-refractivity contribution >= 4 is 17.6 Å². The van der Waals surface area contributed by atoms with Gasteiger partial charge in [0.25, 0.3) is 0 Å². The number of rotatable bonds is 7. The fraction of sp³-hybridized carbons (Fsp3) is 0.217. The predicted molar refractivity (Wildman–Crippen MR) is 111 cm³/mol.